The lowest BCUT2D eigenvalue weighted by atomic mass is 10.1. The van der Waals surface area contributed by atoms with Crippen LogP contribution >= 0.6 is 0 Å². The smallest absolute Gasteiger partial charge is 0.306 e. The zero-order valence-electron chi connectivity index (χ0n) is 42.3. The summed E-state index contributed by atoms with van der Waals surface area (Å²) in [6, 6.07) is 0. The van der Waals surface area contributed by atoms with Crippen molar-refractivity contribution in [2.75, 3.05) is 33.0 Å². The van der Waals surface area contributed by atoms with Crippen molar-refractivity contribution in [1.82, 2.24) is 0 Å². The molecule has 9 nitrogen and oxygen atoms in total. The number of hydrogen-bond acceptors (Lipinski definition) is 9. The maximum atomic E-state index is 12.2. The standard InChI is InChI=1S/C57H102O9/c58-49-43-37-31-25-19-13-7-1-4-10-16-22-28-34-40-46-55(61)64-51-45-39-33-27-21-15-9-3-6-11-17-23-29-35-41-47-56(62)65-53-54(52-60)66-57(63)48-42-36-30-24-18-12-5-2-8-14-20-26-32-38-44-50-59/h1-6,14,20,54,58-60H,7-13,15-19,21-53H2/b4-1-,5-2-,6-3-,20-14-/t54-/m0/s1. The molecule has 0 aliphatic heterocycles. The second-order valence-corrected chi connectivity index (χ2v) is 18.4. The van der Waals surface area contributed by atoms with Gasteiger partial charge in [0, 0.05) is 32.5 Å². The van der Waals surface area contributed by atoms with Crippen molar-refractivity contribution >= 4 is 17.9 Å². The third kappa shape index (κ3) is 52.2. The molecule has 66 heavy (non-hydrogen) atoms. The highest BCUT2D eigenvalue weighted by atomic mass is 16.6. The van der Waals surface area contributed by atoms with Crippen molar-refractivity contribution in [3.05, 3.63) is 48.6 Å². The molecule has 384 valence electrons. The Kier molecular flexibility index (Phi) is 52.6. The van der Waals surface area contributed by atoms with Crippen molar-refractivity contribution in [3.63, 3.8) is 0 Å². The van der Waals surface area contributed by atoms with E-state index in [1.54, 1.807) is 0 Å². The van der Waals surface area contributed by atoms with Gasteiger partial charge in [0.15, 0.2) is 6.10 Å². The molecule has 0 aliphatic rings. The molecule has 0 fully saturated rings. The van der Waals surface area contributed by atoms with E-state index in [1.165, 1.54) is 83.5 Å². The Morgan fingerprint density at radius 1 is 0.333 bits per heavy atom. The van der Waals surface area contributed by atoms with Crippen LogP contribution in [-0.2, 0) is 28.6 Å². The lowest BCUT2D eigenvalue weighted by Gasteiger charge is -2.15. The van der Waals surface area contributed by atoms with Crippen LogP contribution in [0.1, 0.15) is 257 Å². The quantitative estimate of drug-likeness (QED) is 0.0235. The lowest BCUT2D eigenvalue weighted by Crippen LogP contribution is -2.28. The van der Waals surface area contributed by atoms with Crippen molar-refractivity contribution in [2.45, 2.75) is 263 Å². The molecule has 0 radical (unpaired) electrons. The van der Waals surface area contributed by atoms with E-state index in [2.05, 4.69) is 48.6 Å². The highest BCUT2D eigenvalue weighted by Gasteiger charge is 2.16. The normalized spacial score (nSPS) is 12.3. The van der Waals surface area contributed by atoms with E-state index in [0.717, 1.165) is 154 Å². The average Bonchev–Trinajstić information content (AvgIpc) is 3.32. The molecule has 0 aromatic heterocycles. The maximum absolute atomic E-state index is 12.2. The largest absolute Gasteiger partial charge is 0.466 e. The summed E-state index contributed by atoms with van der Waals surface area (Å²) >= 11 is 0. The molecule has 0 heterocycles. The number of aliphatic hydroxyl groups is 3. The number of esters is 3. The summed E-state index contributed by atoms with van der Waals surface area (Å²) in [4.78, 5) is 36.5. The van der Waals surface area contributed by atoms with Crippen LogP contribution < -0.4 is 0 Å². The molecule has 0 rings (SSSR count). The maximum Gasteiger partial charge on any atom is 0.306 e. The number of aliphatic hydroxyl groups excluding tert-OH is 3. The van der Waals surface area contributed by atoms with Crippen LogP contribution in [0.25, 0.3) is 0 Å². The van der Waals surface area contributed by atoms with E-state index in [4.69, 9.17) is 24.4 Å². The molecule has 0 aliphatic carbocycles. The van der Waals surface area contributed by atoms with E-state index in [1.807, 2.05) is 0 Å². The zero-order chi connectivity index (χ0) is 47.9. The highest BCUT2D eigenvalue weighted by Crippen LogP contribution is 2.14. The van der Waals surface area contributed by atoms with Crippen LogP contribution in [0.5, 0.6) is 0 Å². The van der Waals surface area contributed by atoms with Gasteiger partial charge < -0.3 is 29.5 Å². The van der Waals surface area contributed by atoms with Gasteiger partial charge in [-0.15, -0.1) is 0 Å². The van der Waals surface area contributed by atoms with Crippen LogP contribution in [0, 0.1) is 0 Å². The number of rotatable bonds is 52. The summed E-state index contributed by atoms with van der Waals surface area (Å²) in [6.45, 7) is 0.713. The Morgan fingerprint density at radius 2 is 0.636 bits per heavy atom. The fourth-order valence-electron chi connectivity index (χ4n) is 7.75. The minimum absolute atomic E-state index is 0.0344. The average molecular weight is 931 g/mol. The molecular weight excluding hydrogens is 829 g/mol. The van der Waals surface area contributed by atoms with E-state index in [9.17, 15) is 19.5 Å². The molecule has 0 saturated heterocycles. The number of hydrogen-bond donors (Lipinski definition) is 3. The molecule has 9 heteroatoms. The Morgan fingerprint density at radius 3 is 1.03 bits per heavy atom. The summed E-state index contributed by atoms with van der Waals surface area (Å²) < 4.78 is 16.1. The lowest BCUT2D eigenvalue weighted by molar-refractivity contribution is -0.161. The van der Waals surface area contributed by atoms with Gasteiger partial charge in [0.1, 0.15) is 6.61 Å². The third-order valence-corrected chi connectivity index (χ3v) is 12.0. The Labute approximate surface area is 405 Å². The molecule has 0 unspecified atom stereocenters. The second kappa shape index (κ2) is 54.9. The SMILES string of the molecule is O=C(CCCCCCC/C=C\CCCCCCCCO)OCCCCCCCC/C=C\CCCCCCCC(=O)OC[C@H](CO)OC(=O)CCCCCCC/C=C\C/C=C\CCCCCO. The first kappa shape index (κ1) is 63.2. The molecule has 0 saturated carbocycles. The number of carbonyl (C=O) groups excluding carboxylic acids is 3. The Hall–Kier alpha value is -2.75. The summed E-state index contributed by atoms with van der Waals surface area (Å²) in [5.74, 6) is -0.695. The molecule has 0 amide bonds. The zero-order valence-corrected chi connectivity index (χ0v) is 42.3. The monoisotopic (exact) mass is 931 g/mol. The van der Waals surface area contributed by atoms with Crippen molar-refractivity contribution in [1.29, 1.82) is 0 Å². The molecular formula is C57H102O9. The van der Waals surface area contributed by atoms with Crippen LogP contribution in [0.15, 0.2) is 48.6 Å². The number of allylic oxidation sites excluding steroid dienone is 8. The third-order valence-electron chi connectivity index (χ3n) is 12.0. The van der Waals surface area contributed by atoms with Gasteiger partial charge in [-0.05, 0) is 122 Å². The van der Waals surface area contributed by atoms with Gasteiger partial charge in [-0.25, -0.2) is 0 Å². The van der Waals surface area contributed by atoms with Crippen LogP contribution in [-0.4, -0.2) is 72.4 Å². The Balaban J connectivity index is 3.50. The van der Waals surface area contributed by atoms with Gasteiger partial charge in [-0.2, -0.15) is 0 Å². The van der Waals surface area contributed by atoms with Gasteiger partial charge in [0.05, 0.1) is 13.2 Å². The van der Waals surface area contributed by atoms with Gasteiger partial charge in [0.25, 0.3) is 0 Å². The van der Waals surface area contributed by atoms with Gasteiger partial charge in [-0.1, -0.05) is 164 Å². The van der Waals surface area contributed by atoms with Gasteiger partial charge in [0.2, 0.25) is 0 Å². The topological polar surface area (TPSA) is 140 Å². The first-order chi connectivity index (χ1) is 32.5. The van der Waals surface area contributed by atoms with Crippen molar-refractivity contribution < 1.29 is 43.9 Å². The van der Waals surface area contributed by atoms with E-state index in [-0.39, 0.29) is 37.7 Å². The second-order valence-electron chi connectivity index (χ2n) is 18.4. The Bertz CT molecular complexity index is 1160. The number of ether oxygens (including phenoxy) is 3. The molecule has 3 N–H and O–H groups in total. The molecule has 0 aromatic rings. The fraction of sp³-hybridized carbons (Fsp3) is 0.807. The number of carbonyl (C=O) groups is 3. The van der Waals surface area contributed by atoms with Gasteiger partial charge in [-0.3, -0.25) is 14.4 Å². The van der Waals surface area contributed by atoms with Crippen molar-refractivity contribution in [3.8, 4) is 0 Å². The van der Waals surface area contributed by atoms with Crippen LogP contribution in [0.4, 0.5) is 0 Å². The minimum Gasteiger partial charge on any atom is -0.466 e. The summed E-state index contributed by atoms with van der Waals surface area (Å²) in [5.41, 5.74) is 0. The predicted octanol–water partition coefficient (Wildman–Crippen LogP) is 14.8. The van der Waals surface area contributed by atoms with Crippen molar-refractivity contribution in [2.24, 2.45) is 0 Å². The van der Waals surface area contributed by atoms with Gasteiger partial charge >= 0.3 is 17.9 Å². The summed E-state index contributed by atoms with van der Waals surface area (Å²) in [5, 5.41) is 27.2. The molecule has 0 spiro atoms. The van der Waals surface area contributed by atoms with Crippen LogP contribution in [0.2, 0.25) is 0 Å². The number of unbranched alkanes of at least 4 members (excludes halogenated alkanes) is 30. The minimum atomic E-state index is -0.809. The first-order valence-corrected chi connectivity index (χ1v) is 27.5. The molecule has 1 atom stereocenters. The molecule has 0 aromatic carbocycles. The molecule has 0 bridgehead atoms. The first-order valence-electron chi connectivity index (χ1n) is 27.5. The van der Waals surface area contributed by atoms with E-state index < -0.39 is 6.10 Å². The fourth-order valence-corrected chi connectivity index (χ4v) is 7.75. The summed E-state index contributed by atoms with van der Waals surface area (Å²) in [6.07, 6.45) is 59.6. The highest BCUT2D eigenvalue weighted by molar-refractivity contribution is 5.70. The van der Waals surface area contributed by atoms with E-state index in [0.29, 0.717) is 32.5 Å². The van der Waals surface area contributed by atoms with E-state index >= 15 is 0 Å². The summed E-state index contributed by atoms with van der Waals surface area (Å²) in [7, 11) is 0. The predicted molar refractivity (Wildman–Crippen MR) is 274 cm³/mol. The van der Waals surface area contributed by atoms with Crippen LogP contribution in [0.3, 0.4) is 0 Å².